The average molecular weight is 339 g/mol. The zero-order chi connectivity index (χ0) is 17.0. The van der Waals surface area contributed by atoms with Crippen molar-refractivity contribution in [2.24, 2.45) is 0 Å². The number of rotatable bonds is 5. The first-order valence-electron chi connectivity index (χ1n) is 6.70. The van der Waals surface area contributed by atoms with Crippen molar-refractivity contribution in [2.75, 3.05) is 12.4 Å². The minimum Gasteiger partial charge on any atom is -0.453 e. The maximum Gasteiger partial charge on any atom is 0.411 e. The zero-order valence-electron chi connectivity index (χ0n) is 12.9. The van der Waals surface area contributed by atoms with Crippen molar-refractivity contribution < 1.29 is 22.5 Å². The molecular weight excluding hydrogens is 322 g/mol. The van der Waals surface area contributed by atoms with Gasteiger partial charge in [-0.15, -0.1) is 0 Å². The second-order valence-corrected chi connectivity index (χ2v) is 6.50. The minimum absolute atomic E-state index is 0.0429. The van der Waals surface area contributed by atoms with Gasteiger partial charge >= 0.3 is 6.09 Å². The van der Waals surface area contributed by atoms with Gasteiger partial charge < -0.3 is 9.26 Å². The van der Waals surface area contributed by atoms with Crippen LogP contribution in [0.2, 0.25) is 0 Å². The van der Waals surface area contributed by atoms with Gasteiger partial charge in [-0.3, -0.25) is 5.32 Å². The van der Waals surface area contributed by atoms with Crippen molar-refractivity contribution in [3.05, 3.63) is 41.3 Å². The number of aromatic nitrogens is 1. The highest BCUT2D eigenvalue weighted by Gasteiger charge is 2.23. The van der Waals surface area contributed by atoms with E-state index in [1.807, 2.05) is 0 Å². The number of aryl methyl sites for hydroxylation is 2. The molecule has 0 bridgehead atoms. The monoisotopic (exact) mass is 339 g/mol. The van der Waals surface area contributed by atoms with Gasteiger partial charge in [0.15, 0.2) is 5.76 Å². The lowest BCUT2D eigenvalue weighted by Gasteiger charge is -2.08. The Bertz CT molecular complexity index is 794. The van der Waals surface area contributed by atoms with Gasteiger partial charge in [-0.25, -0.2) is 17.9 Å². The first kappa shape index (κ1) is 17.0. The molecule has 9 heteroatoms. The maximum atomic E-state index is 12.3. The minimum atomic E-state index is -3.74. The van der Waals surface area contributed by atoms with Crippen LogP contribution in [0, 0.1) is 13.8 Å². The van der Waals surface area contributed by atoms with Crippen molar-refractivity contribution in [2.45, 2.75) is 25.3 Å². The van der Waals surface area contributed by atoms with Crippen molar-refractivity contribution in [1.82, 2.24) is 9.88 Å². The molecule has 0 atom stereocenters. The van der Waals surface area contributed by atoms with E-state index in [0.29, 0.717) is 16.9 Å². The summed E-state index contributed by atoms with van der Waals surface area (Å²) in [4.78, 5) is 11.2. The van der Waals surface area contributed by atoms with E-state index in [0.717, 1.165) is 0 Å². The van der Waals surface area contributed by atoms with Gasteiger partial charge in [0.05, 0.1) is 7.11 Å². The van der Waals surface area contributed by atoms with Crippen LogP contribution < -0.4 is 10.0 Å². The number of amides is 1. The molecule has 0 aliphatic carbocycles. The van der Waals surface area contributed by atoms with E-state index in [9.17, 15) is 13.2 Å². The highest BCUT2D eigenvalue weighted by Crippen LogP contribution is 2.19. The van der Waals surface area contributed by atoms with Crippen LogP contribution in [0.1, 0.15) is 17.0 Å². The van der Waals surface area contributed by atoms with Crippen molar-refractivity contribution in [3.63, 3.8) is 0 Å². The second-order valence-electron chi connectivity index (χ2n) is 4.79. The lowest BCUT2D eigenvalue weighted by molar-refractivity contribution is 0.187. The third-order valence-electron chi connectivity index (χ3n) is 3.06. The SMILES string of the molecule is COC(=O)Nc1cccc(CNS(=O)(=O)c2c(C)noc2C)c1. The molecule has 1 amide bonds. The Hall–Kier alpha value is -2.39. The molecule has 2 N–H and O–H groups in total. The van der Waals surface area contributed by atoms with Gasteiger partial charge in [-0.2, -0.15) is 0 Å². The number of methoxy groups -OCH3 is 1. The summed E-state index contributed by atoms with van der Waals surface area (Å²) in [7, 11) is -2.47. The topological polar surface area (TPSA) is 111 Å². The Morgan fingerprint density at radius 2 is 2.09 bits per heavy atom. The van der Waals surface area contributed by atoms with Gasteiger partial charge in [-0.05, 0) is 31.5 Å². The molecule has 0 aliphatic rings. The Balaban J connectivity index is 2.12. The molecule has 23 heavy (non-hydrogen) atoms. The first-order valence-corrected chi connectivity index (χ1v) is 8.18. The fourth-order valence-corrected chi connectivity index (χ4v) is 3.38. The maximum absolute atomic E-state index is 12.3. The van der Waals surface area contributed by atoms with E-state index in [2.05, 4.69) is 19.9 Å². The van der Waals surface area contributed by atoms with Crippen LogP contribution in [-0.4, -0.2) is 26.8 Å². The molecule has 1 aromatic carbocycles. The highest BCUT2D eigenvalue weighted by atomic mass is 32.2. The van der Waals surface area contributed by atoms with Gasteiger partial charge in [0, 0.05) is 12.2 Å². The molecule has 0 fully saturated rings. The van der Waals surface area contributed by atoms with Crippen molar-refractivity contribution >= 4 is 21.8 Å². The molecule has 1 heterocycles. The van der Waals surface area contributed by atoms with Crippen LogP contribution in [0.5, 0.6) is 0 Å². The lowest BCUT2D eigenvalue weighted by Crippen LogP contribution is -2.24. The molecule has 8 nitrogen and oxygen atoms in total. The summed E-state index contributed by atoms with van der Waals surface area (Å²) in [6, 6.07) is 6.75. The van der Waals surface area contributed by atoms with E-state index in [1.165, 1.54) is 14.0 Å². The summed E-state index contributed by atoms with van der Waals surface area (Å²) in [5.41, 5.74) is 1.48. The average Bonchev–Trinajstić information content (AvgIpc) is 2.85. The zero-order valence-corrected chi connectivity index (χ0v) is 13.7. The van der Waals surface area contributed by atoms with E-state index < -0.39 is 16.1 Å². The van der Waals surface area contributed by atoms with Gasteiger partial charge in [0.2, 0.25) is 10.0 Å². The third-order valence-corrected chi connectivity index (χ3v) is 4.71. The summed E-state index contributed by atoms with van der Waals surface area (Å²) >= 11 is 0. The van der Waals surface area contributed by atoms with E-state index in [1.54, 1.807) is 31.2 Å². The van der Waals surface area contributed by atoms with Gasteiger partial charge in [-0.1, -0.05) is 17.3 Å². The Labute approximate surface area is 133 Å². The molecule has 124 valence electrons. The predicted molar refractivity (Wildman–Crippen MR) is 82.5 cm³/mol. The molecule has 0 unspecified atom stereocenters. The van der Waals surface area contributed by atoms with Gasteiger partial charge in [0.25, 0.3) is 0 Å². The number of benzene rings is 1. The molecule has 1 aromatic heterocycles. The van der Waals surface area contributed by atoms with Crippen LogP contribution in [-0.2, 0) is 21.3 Å². The van der Waals surface area contributed by atoms with E-state index in [-0.39, 0.29) is 17.2 Å². The molecule has 0 aliphatic heterocycles. The number of ether oxygens (including phenoxy) is 1. The number of hydrogen-bond acceptors (Lipinski definition) is 6. The number of carbonyl (C=O) groups is 1. The lowest BCUT2D eigenvalue weighted by atomic mass is 10.2. The summed E-state index contributed by atoms with van der Waals surface area (Å²) in [6.45, 7) is 3.16. The summed E-state index contributed by atoms with van der Waals surface area (Å²) < 4.78 is 36.5. The van der Waals surface area contributed by atoms with Crippen LogP contribution >= 0.6 is 0 Å². The summed E-state index contributed by atoms with van der Waals surface area (Å²) in [5, 5.41) is 6.15. The summed E-state index contributed by atoms with van der Waals surface area (Å²) in [6.07, 6.45) is -0.599. The fraction of sp³-hybridized carbons (Fsp3) is 0.286. The molecule has 0 saturated heterocycles. The van der Waals surface area contributed by atoms with Gasteiger partial charge in [0.1, 0.15) is 10.6 Å². The van der Waals surface area contributed by atoms with Crippen LogP contribution in [0.25, 0.3) is 0 Å². The number of nitrogens with one attached hydrogen (secondary N) is 2. The van der Waals surface area contributed by atoms with Crippen LogP contribution in [0.4, 0.5) is 10.5 Å². The molecule has 2 rings (SSSR count). The second kappa shape index (κ2) is 6.80. The molecule has 2 aromatic rings. The summed E-state index contributed by atoms with van der Waals surface area (Å²) in [5.74, 6) is 0.233. The smallest absolute Gasteiger partial charge is 0.411 e. The number of anilines is 1. The van der Waals surface area contributed by atoms with Crippen LogP contribution in [0.3, 0.4) is 0 Å². The Kier molecular flexibility index (Phi) is 5.02. The molecule has 0 radical (unpaired) electrons. The fourth-order valence-electron chi connectivity index (χ4n) is 2.04. The molecule has 0 saturated carbocycles. The number of hydrogen-bond donors (Lipinski definition) is 2. The van der Waals surface area contributed by atoms with Crippen LogP contribution in [0.15, 0.2) is 33.7 Å². The highest BCUT2D eigenvalue weighted by molar-refractivity contribution is 7.89. The van der Waals surface area contributed by atoms with Crippen molar-refractivity contribution in [1.29, 1.82) is 0 Å². The normalized spacial score (nSPS) is 11.3. The quantitative estimate of drug-likeness (QED) is 0.861. The predicted octanol–water partition coefficient (Wildman–Crippen LogP) is 1.95. The Morgan fingerprint density at radius 3 is 2.70 bits per heavy atom. The van der Waals surface area contributed by atoms with E-state index in [4.69, 9.17) is 4.52 Å². The number of nitrogens with zero attached hydrogens (tertiary/aromatic N) is 1. The molecule has 0 spiro atoms. The third kappa shape index (κ3) is 4.08. The Morgan fingerprint density at radius 1 is 1.35 bits per heavy atom. The van der Waals surface area contributed by atoms with Crippen molar-refractivity contribution in [3.8, 4) is 0 Å². The number of sulfonamides is 1. The largest absolute Gasteiger partial charge is 0.453 e. The first-order chi connectivity index (χ1) is 10.8. The molecular formula is C14H17N3O5S. The van der Waals surface area contributed by atoms with E-state index >= 15 is 0 Å². The standard InChI is InChI=1S/C14H17N3O5S/c1-9-13(10(2)22-17-9)23(19,20)15-8-11-5-4-6-12(7-11)16-14(18)21-3/h4-7,15H,8H2,1-3H3,(H,16,18). The number of carbonyl (C=O) groups excluding carboxylic acids is 1.